The Hall–Kier alpha value is -7.42. The van der Waals surface area contributed by atoms with Gasteiger partial charge in [0.25, 0.3) is 0 Å². The molecule has 9 aromatic rings. The number of rotatable bonds is 6. The Morgan fingerprint density at radius 3 is 2.02 bits per heavy atom. The molecule has 0 N–H and O–H groups in total. The lowest BCUT2D eigenvalue weighted by molar-refractivity contribution is 0.657. The first-order valence-electron chi connectivity index (χ1n) is 23.7. The summed E-state index contributed by atoms with van der Waals surface area (Å²) in [6.45, 7) is 9.55. The van der Waals surface area contributed by atoms with Crippen molar-refractivity contribution in [2.75, 3.05) is 4.90 Å². The van der Waals surface area contributed by atoms with Crippen molar-refractivity contribution in [2.45, 2.75) is 63.7 Å². The molecule has 0 radical (unpaired) electrons. The second-order valence-corrected chi connectivity index (χ2v) is 19.9. The van der Waals surface area contributed by atoms with Gasteiger partial charge in [-0.3, -0.25) is 0 Å². The molecule has 1 unspecified atom stereocenters. The van der Waals surface area contributed by atoms with E-state index in [4.69, 9.17) is 4.42 Å². The smallest absolute Gasteiger partial charge is 0.136 e. The van der Waals surface area contributed by atoms with Crippen molar-refractivity contribution in [2.24, 2.45) is 0 Å². The van der Waals surface area contributed by atoms with Crippen LogP contribution in [0.4, 0.5) is 11.4 Å². The molecule has 66 heavy (non-hydrogen) atoms. The van der Waals surface area contributed by atoms with E-state index < -0.39 is 0 Å². The summed E-state index contributed by atoms with van der Waals surface area (Å²) in [6.07, 6.45) is 14.1. The van der Waals surface area contributed by atoms with Gasteiger partial charge in [-0.1, -0.05) is 173 Å². The number of hydrogen-bond acceptors (Lipinski definition) is 2. The van der Waals surface area contributed by atoms with E-state index in [1.54, 1.807) is 0 Å². The van der Waals surface area contributed by atoms with Gasteiger partial charge in [0.1, 0.15) is 11.2 Å². The van der Waals surface area contributed by atoms with E-state index in [1.807, 2.05) is 0 Å². The number of fused-ring (bicyclic) bond motifs is 12. The highest BCUT2D eigenvalue weighted by Gasteiger charge is 2.39. The zero-order chi connectivity index (χ0) is 44.3. The molecule has 13 rings (SSSR count). The molecule has 1 aromatic heterocycles. The molecule has 8 aromatic carbocycles. The molecule has 0 fully saturated rings. The van der Waals surface area contributed by atoms with Gasteiger partial charge in [0, 0.05) is 38.6 Å². The van der Waals surface area contributed by atoms with E-state index in [0.29, 0.717) is 0 Å². The molecule has 318 valence electrons. The van der Waals surface area contributed by atoms with Crippen LogP contribution in [0.5, 0.6) is 0 Å². The summed E-state index contributed by atoms with van der Waals surface area (Å²) in [7, 11) is 0. The van der Waals surface area contributed by atoms with E-state index in [2.05, 4.69) is 227 Å². The summed E-state index contributed by atoms with van der Waals surface area (Å²) in [5.74, 6) is 0.192. The predicted octanol–water partition coefficient (Wildman–Crippen LogP) is 17.0. The average Bonchev–Trinajstić information content (AvgIpc) is 3.78. The van der Waals surface area contributed by atoms with Gasteiger partial charge < -0.3 is 9.32 Å². The van der Waals surface area contributed by atoms with Gasteiger partial charge in [-0.05, 0) is 152 Å². The van der Waals surface area contributed by atoms with E-state index in [-0.39, 0.29) is 16.7 Å². The molecule has 1 atom stereocenters. The number of furan rings is 1. The van der Waals surface area contributed by atoms with Gasteiger partial charge in [-0.25, -0.2) is 0 Å². The quantitative estimate of drug-likeness (QED) is 0.166. The molecule has 4 aliphatic rings. The number of nitrogens with zero attached hydrogens (tertiary/aromatic N) is 1. The molecule has 0 amide bonds. The van der Waals surface area contributed by atoms with Crippen LogP contribution in [0.1, 0.15) is 79.0 Å². The summed E-state index contributed by atoms with van der Waals surface area (Å²) in [6, 6.07) is 61.7. The van der Waals surface area contributed by atoms with Crippen molar-refractivity contribution in [1.29, 1.82) is 0 Å². The Morgan fingerprint density at radius 2 is 1.23 bits per heavy atom. The number of allylic oxidation sites excluding steroid dienone is 5. The first-order valence-corrected chi connectivity index (χ1v) is 23.7. The third kappa shape index (κ3) is 5.73. The van der Waals surface area contributed by atoms with Crippen LogP contribution < -0.4 is 4.90 Å². The topological polar surface area (TPSA) is 16.4 Å². The molecule has 0 saturated heterocycles. The second-order valence-electron chi connectivity index (χ2n) is 19.9. The SMILES string of the molecule is CC1(C)c2ccccc2-c2ccc(-c3c4c(cc5oc6ccccc6c35)CC(Cc3ccccc3)c3c-4cccc3N(C3=CC=CCC=C3)c3ccc4c(c3)C(C)(C)c3ccccc3-4)cc21. The van der Waals surface area contributed by atoms with Gasteiger partial charge in [0.2, 0.25) is 0 Å². The van der Waals surface area contributed by atoms with Gasteiger partial charge >= 0.3 is 0 Å². The largest absolute Gasteiger partial charge is 0.456 e. The highest BCUT2D eigenvalue weighted by Crippen LogP contribution is 2.57. The Bertz CT molecular complexity index is 3570. The number of hydrogen-bond donors (Lipinski definition) is 0. The molecule has 0 bridgehead atoms. The second kappa shape index (κ2) is 14.5. The van der Waals surface area contributed by atoms with Crippen LogP contribution in [-0.4, -0.2) is 0 Å². The zero-order valence-corrected chi connectivity index (χ0v) is 38.0. The molecular formula is C64H51NO. The molecule has 4 aliphatic carbocycles. The maximum atomic E-state index is 6.86. The fourth-order valence-corrected chi connectivity index (χ4v) is 12.4. The van der Waals surface area contributed by atoms with E-state index in [1.165, 1.54) is 100 Å². The Kier molecular flexibility index (Phi) is 8.59. The van der Waals surface area contributed by atoms with E-state index >= 15 is 0 Å². The molecule has 0 aliphatic heterocycles. The summed E-state index contributed by atoms with van der Waals surface area (Å²) in [4.78, 5) is 2.56. The van der Waals surface area contributed by atoms with Crippen LogP contribution >= 0.6 is 0 Å². The highest BCUT2D eigenvalue weighted by atomic mass is 16.3. The van der Waals surface area contributed by atoms with Crippen LogP contribution in [-0.2, 0) is 23.7 Å². The van der Waals surface area contributed by atoms with Gasteiger partial charge in [-0.15, -0.1) is 0 Å². The van der Waals surface area contributed by atoms with Gasteiger partial charge in [0.05, 0.1) is 5.69 Å². The minimum atomic E-state index is -0.138. The summed E-state index contributed by atoms with van der Waals surface area (Å²) in [5, 5.41) is 2.34. The third-order valence-electron chi connectivity index (χ3n) is 15.5. The molecule has 2 heteroatoms. The normalized spacial score (nSPS) is 16.8. The number of para-hydroxylation sites is 1. The summed E-state index contributed by atoms with van der Waals surface area (Å²) < 4.78 is 6.86. The van der Waals surface area contributed by atoms with Gasteiger partial charge in [-0.2, -0.15) is 0 Å². The monoisotopic (exact) mass is 849 g/mol. The number of anilines is 2. The van der Waals surface area contributed by atoms with Crippen molar-refractivity contribution in [1.82, 2.24) is 0 Å². The minimum Gasteiger partial charge on any atom is -0.456 e. The maximum absolute atomic E-state index is 6.86. The predicted molar refractivity (Wildman–Crippen MR) is 276 cm³/mol. The van der Waals surface area contributed by atoms with Crippen LogP contribution in [0.15, 0.2) is 204 Å². The summed E-state index contributed by atoms with van der Waals surface area (Å²) >= 11 is 0. The van der Waals surface area contributed by atoms with Crippen molar-refractivity contribution >= 4 is 33.3 Å². The fourth-order valence-electron chi connectivity index (χ4n) is 12.4. The fraction of sp³-hybridized carbons (Fsp3) is 0.156. The third-order valence-corrected chi connectivity index (χ3v) is 15.5. The highest BCUT2D eigenvalue weighted by molar-refractivity contribution is 6.17. The minimum absolute atomic E-state index is 0.133. The lowest BCUT2D eigenvalue weighted by Crippen LogP contribution is -2.23. The molecule has 2 nitrogen and oxygen atoms in total. The van der Waals surface area contributed by atoms with Crippen molar-refractivity contribution in [3.8, 4) is 44.5 Å². The van der Waals surface area contributed by atoms with Crippen molar-refractivity contribution in [3.63, 3.8) is 0 Å². The lowest BCUT2D eigenvalue weighted by atomic mass is 9.72. The molecular weight excluding hydrogens is 799 g/mol. The standard InChI is InChI=1S/C64H51NO/c1-63(2)52-27-15-12-23-46(52)48-33-31-41(37-54(48)63)61-60-43(38-58-62(61)50-25-14-17-30-57(50)66-58)36-42(35-40-19-8-7-9-20-40)59-51(60)26-18-29-56(59)65(44-21-10-5-6-11-22-44)45-32-34-49-47-24-13-16-28-53(47)64(3,4)55(49)39-45/h5,7-34,37-39,42H,6,35-36H2,1-4H3. The van der Waals surface area contributed by atoms with Crippen molar-refractivity contribution < 1.29 is 4.42 Å². The van der Waals surface area contributed by atoms with E-state index in [0.717, 1.165) is 41.5 Å². The van der Waals surface area contributed by atoms with Crippen LogP contribution in [0.2, 0.25) is 0 Å². The number of benzene rings is 8. The first-order chi connectivity index (χ1) is 32.3. The Morgan fingerprint density at radius 1 is 0.561 bits per heavy atom. The Labute approximate surface area is 387 Å². The van der Waals surface area contributed by atoms with Crippen LogP contribution in [0.25, 0.3) is 66.4 Å². The van der Waals surface area contributed by atoms with E-state index in [9.17, 15) is 0 Å². The van der Waals surface area contributed by atoms with Crippen LogP contribution in [0, 0.1) is 0 Å². The lowest BCUT2D eigenvalue weighted by Gasteiger charge is -2.36. The molecule has 0 spiro atoms. The molecule has 1 heterocycles. The van der Waals surface area contributed by atoms with Crippen molar-refractivity contribution in [3.05, 3.63) is 239 Å². The Balaban J connectivity index is 1.09. The average molecular weight is 850 g/mol. The van der Waals surface area contributed by atoms with Gasteiger partial charge in [0.15, 0.2) is 0 Å². The molecule has 0 saturated carbocycles. The summed E-state index contributed by atoms with van der Waals surface area (Å²) in [5.41, 5.74) is 25.2. The maximum Gasteiger partial charge on any atom is 0.136 e. The van der Waals surface area contributed by atoms with Crippen LogP contribution in [0.3, 0.4) is 0 Å². The zero-order valence-electron chi connectivity index (χ0n) is 38.0. The first kappa shape index (κ1) is 39.0.